The Morgan fingerprint density at radius 3 is 2.17 bits per heavy atom. The largest absolute Gasteiger partial charge is 0.311 e. The van der Waals surface area contributed by atoms with Crippen LogP contribution in [0.3, 0.4) is 0 Å². The summed E-state index contributed by atoms with van der Waals surface area (Å²) in [5, 5.41) is 3.69. The van der Waals surface area contributed by atoms with Gasteiger partial charge < -0.3 is 5.32 Å². The molecule has 0 heterocycles. The molecule has 1 atom stereocenters. The number of rotatable bonds is 6. The lowest BCUT2D eigenvalue weighted by Gasteiger charge is -2.40. The topological polar surface area (TPSA) is 15.3 Å². The average molecular weight is 254 g/mol. The van der Waals surface area contributed by atoms with Crippen molar-refractivity contribution in [3.05, 3.63) is 0 Å². The first-order valence-electron chi connectivity index (χ1n) is 7.98. The molecule has 1 aliphatic rings. The third-order valence-corrected chi connectivity index (χ3v) is 4.22. The third-order valence-electron chi connectivity index (χ3n) is 4.22. The fourth-order valence-corrected chi connectivity index (χ4v) is 3.15. The Labute approximate surface area is 115 Å². The van der Waals surface area contributed by atoms with Crippen LogP contribution in [-0.4, -0.2) is 35.6 Å². The molecule has 2 heteroatoms. The van der Waals surface area contributed by atoms with Gasteiger partial charge in [-0.15, -0.1) is 0 Å². The molecule has 0 aromatic carbocycles. The lowest BCUT2D eigenvalue weighted by molar-refractivity contribution is 0.102. The Bertz CT molecular complexity index is 214. The van der Waals surface area contributed by atoms with Crippen LogP contribution in [0.15, 0.2) is 0 Å². The van der Waals surface area contributed by atoms with Crippen molar-refractivity contribution in [3.63, 3.8) is 0 Å². The Hall–Kier alpha value is -0.0800. The molecule has 0 saturated heterocycles. The normalized spacial score (nSPS) is 20.3. The van der Waals surface area contributed by atoms with Crippen LogP contribution in [0, 0.1) is 0 Å². The maximum absolute atomic E-state index is 3.69. The van der Waals surface area contributed by atoms with Gasteiger partial charge in [0.05, 0.1) is 0 Å². The van der Waals surface area contributed by atoms with Crippen LogP contribution < -0.4 is 5.32 Å². The minimum Gasteiger partial charge on any atom is -0.311 e. The monoisotopic (exact) mass is 254 g/mol. The third kappa shape index (κ3) is 5.27. The second-order valence-electron chi connectivity index (χ2n) is 6.82. The summed E-state index contributed by atoms with van der Waals surface area (Å²) >= 11 is 0. The molecule has 1 N–H and O–H groups in total. The summed E-state index contributed by atoms with van der Waals surface area (Å²) in [6.07, 6.45) is 8.41. The Kier molecular flexibility index (Phi) is 6.65. The molecular formula is C16H34N2. The molecule has 1 rings (SSSR count). The van der Waals surface area contributed by atoms with Gasteiger partial charge in [0.2, 0.25) is 0 Å². The van der Waals surface area contributed by atoms with E-state index in [0.717, 1.165) is 12.6 Å². The highest BCUT2D eigenvalue weighted by atomic mass is 15.2. The highest BCUT2D eigenvalue weighted by Crippen LogP contribution is 2.24. The van der Waals surface area contributed by atoms with Gasteiger partial charge in [-0.05, 0) is 46.6 Å². The van der Waals surface area contributed by atoms with E-state index in [1.54, 1.807) is 0 Å². The molecule has 0 aromatic heterocycles. The van der Waals surface area contributed by atoms with E-state index < -0.39 is 0 Å². The standard InChI is InChI=1S/C16H34N2/c1-6-14(13-17-16(3,4)5)18(7-2)15-11-9-8-10-12-15/h14-15,17H,6-13H2,1-5H3. The van der Waals surface area contributed by atoms with Gasteiger partial charge in [0.1, 0.15) is 0 Å². The van der Waals surface area contributed by atoms with E-state index in [9.17, 15) is 0 Å². The summed E-state index contributed by atoms with van der Waals surface area (Å²) in [4.78, 5) is 2.76. The number of nitrogens with one attached hydrogen (secondary N) is 1. The minimum absolute atomic E-state index is 0.236. The molecule has 0 aromatic rings. The molecule has 0 bridgehead atoms. The first-order valence-corrected chi connectivity index (χ1v) is 7.98. The maximum Gasteiger partial charge on any atom is 0.0221 e. The number of hydrogen-bond acceptors (Lipinski definition) is 2. The summed E-state index contributed by atoms with van der Waals surface area (Å²) < 4.78 is 0. The number of nitrogens with zero attached hydrogens (tertiary/aromatic N) is 1. The van der Waals surface area contributed by atoms with E-state index in [2.05, 4.69) is 44.8 Å². The molecule has 18 heavy (non-hydrogen) atoms. The summed E-state index contributed by atoms with van der Waals surface area (Å²) in [5.41, 5.74) is 0.236. The highest BCUT2D eigenvalue weighted by molar-refractivity contribution is 4.83. The number of likely N-dealkylation sites (N-methyl/N-ethyl adjacent to an activating group) is 1. The zero-order valence-corrected chi connectivity index (χ0v) is 13.3. The molecule has 0 amide bonds. The van der Waals surface area contributed by atoms with Crippen LogP contribution in [0.1, 0.15) is 73.1 Å². The maximum atomic E-state index is 3.69. The van der Waals surface area contributed by atoms with Crippen molar-refractivity contribution >= 4 is 0 Å². The summed E-state index contributed by atoms with van der Waals surface area (Å²) in [5.74, 6) is 0. The predicted molar refractivity (Wildman–Crippen MR) is 81.1 cm³/mol. The summed E-state index contributed by atoms with van der Waals surface area (Å²) in [7, 11) is 0. The highest BCUT2D eigenvalue weighted by Gasteiger charge is 2.26. The van der Waals surface area contributed by atoms with Crippen molar-refractivity contribution in [1.29, 1.82) is 0 Å². The van der Waals surface area contributed by atoms with E-state index in [-0.39, 0.29) is 5.54 Å². The first kappa shape index (κ1) is 16.0. The van der Waals surface area contributed by atoms with Crippen molar-refractivity contribution in [1.82, 2.24) is 10.2 Å². The molecule has 0 radical (unpaired) electrons. The fraction of sp³-hybridized carbons (Fsp3) is 1.00. The van der Waals surface area contributed by atoms with Crippen molar-refractivity contribution in [2.24, 2.45) is 0 Å². The summed E-state index contributed by atoms with van der Waals surface area (Å²) in [6.45, 7) is 13.8. The number of hydrogen-bond donors (Lipinski definition) is 1. The fourth-order valence-electron chi connectivity index (χ4n) is 3.15. The van der Waals surface area contributed by atoms with Gasteiger partial charge in [0.25, 0.3) is 0 Å². The van der Waals surface area contributed by atoms with Crippen LogP contribution >= 0.6 is 0 Å². The molecule has 108 valence electrons. The van der Waals surface area contributed by atoms with E-state index >= 15 is 0 Å². The average Bonchev–Trinajstić information content (AvgIpc) is 2.34. The SMILES string of the molecule is CCC(CNC(C)(C)C)N(CC)C1CCCCC1. The molecule has 1 saturated carbocycles. The van der Waals surface area contributed by atoms with Crippen molar-refractivity contribution in [3.8, 4) is 0 Å². The van der Waals surface area contributed by atoms with Gasteiger partial charge >= 0.3 is 0 Å². The second kappa shape index (κ2) is 7.49. The molecule has 1 aliphatic carbocycles. The molecule has 0 aliphatic heterocycles. The van der Waals surface area contributed by atoms with E-state index in [4.69, 9.17) is 0 Å². The van der Waals surface area contributed by atoms with E-state index in [1.807, 2.05) is 0 Å². The Morgan fingerprint density at radius 2 is 1.72 bits per heavy atom. The molecule has 1 unspecified atom stereocenters. The zero-order chi connectivity index (χ0) is 13.6. The van der Waals surface area contributed by atoms with Crippen LogP contribution in [0.25, 0.3) is 0 Å². The van der Waals surface area contributed by atoms with Gasteiger partial charge in [0.15, 0.2) is 0 Å². The van der Waals surface area contributed by atoms with Crippen molar-refractivity contribution < 1.29 is 0 Å². The van der Waals surface area contributed by atoms with Crippen molar-refractivity contribution in [2.45, 2.75) is 90.8 Å². The molecule has 0 spiro atoms. The molecule has 2 nitrogen and oxygen atoms in total. The van der Waals surface area contributed by atoms with Crippen LogP contribution in [0.5, 0.6) is 0 Å². The van der Waals surface area contributed by atoms with Crippen molar-refractivity contribution in [2.75, 3.05) is 13.1 Å². The van der Waals surface area contributed by atoms with Crippen LogP contribution in [0.4, 0.5) is 0 Å². The Morgan fingerprint density at radius 1 is 1.11 bits per heavy atom. The summed E-state index contributed by atoms with van der Waals surface area (Å²) in [6, 6.07) is 1.55. The van der Waals surface area contributed by atoms with Gasteiger partial charge in [-0.3, -0.25) is 4.90 Å². The van der Waals surface area contributed by atoms with Gasteiger partial charge in [-0.25, -0.2) is 0 Å². The first-order chi connectivity index (χ1) is 8.48. The zero-order valence-electron chi connectivity index (χ0n) is 13.3. The van der Waals surface area contributed by atoms with Gasteiger partial charge in [-0.2, -0.15) is 0 Å². The lowest BCUT2D eigenvalue weighted by Crippen LogP contribution is -2.51. The quantitative estimate of drug-likeness (QED) is 0.775. The smallest absolute Gasteiger partial charge is 0.0221 e. The van der Waals surface area contributed by atoms with E-state index in [0.29, 0.717) is 6.04 Å². The van der Waals surface area contributed by atoms with Gasteiger partial charge in [-0.1, -0.05) is 33.1 Å². The van der Waals surface area contributed by atoms with E-state index in [1.165, 1.54) is 45.1 Å². The molecule has 1 fully saturated rings. The lowest BCUT2D eigenvalue weighted by atomic mass is 9.92. The second-order valence-corrected chi connectivity index (χ2v) is 6.82. The van der Waals surface area contributed by atoms with Crippen LogP contribution in [0.2, 0.25) is 0 Å². The van der Waals surface area contributed by atoms with Crippen LogP contribution in [-0.2, 0) is 0 Å². The minimum atomic E-state index is 0.236. The molecular weight excluding hydrogens is 220 g/mol. The Balaban J connectivity index is 2.53. The van der Waals surface area contributed by atoms with Gasteiger partial charge in [0, 0.05) is 24.2 Å². The predicted octanol–water partition coefficient (Wildman–Crippen LogP) is 3.81.